The van der Waals surface area contributed by atoms with Crippen molar-refractivity contribution in [3.63, 3.8) is 0 Å². The predicted octanol–water partition coefficient (Wildman–Crippen LogP) is 3.36. The van der Waals surface area contributed by atoms with Crippen molar-refractivity contribution in [1.29, 1.82) is 0 Å². The van der Waals surface area contributed by atoms with Crippen molar-refractivity contribution >= 4 is 23.2 Å². The van der Waals surface area contributed by atoms with Gasteiger partial charge >= 0.3 is 12.3 Å². The highest BCUT2D eigenvalue weighted by atomic mass is 19.4. The van der Waals surface area contributed by atoms with Crippen LogP contribution < -0.4 is 10.6 Å². The zero-order chi connectivity index (χ0) is 24.4. The molecule has 1 aliphatic heterocycles. The molecule has 10 nitrogen and oxygen atoms in total. The van der Waals surface area contributed by atoms with E-state index in [1.807, 2.05) is 0 Å². The number of amides is 1. The molecule has 186 valence electrons. The van der Waals surface area contributed by atoms with E-state index in [1.165, 1.54) is 29.0 Å². The fourth-order valence-electron chi connectivity index (χ4n) is 4.98. The molecule has 14 heteroatoms. The van der Waals surface area contributed by atoms with Crippen LogP contribution in [0.15, 0.2) is 24.5 Å². The molecule has 0 unspecified atom stereocenters. The molecule has 4 heterocycles. The van der Waals surface area contributed by atoms with Crippen LogP contribution in [0.4, 0.5) is 34.0 Å². The second kappa shape index (κ2) is 7.80. The molecule has 7 rings (SSSR count). The van der Waals surface area contributed by atoms with Crippen LogP contribution in [0.25, 0.3) is 5.52 Å². The molecule has 3 N–H and O–H groups in total. The van der Waals surface area contributed by atoms with Gasteiger partial charge in [-0.05, 0) is 31.2 Å². The molecule has 3 aliphatic carbocycles. The summed E-state index contributed by atoms with van der Waals surface area (Å²) in [7, 11) is 0. The number of nitrogens with one attached hydrogen (secondary N) is 3. The molecule has 4 fully saturated rings. The summed E-state index contributed by atoms with van der Waals surface area (Å²) >= 11 is 0. The molecule has 3 saturated carbocycles. The van der Waals surface area contributed by atoms with E-state index >= 15 is 4.39 Å². The number of hydrogen-bond donors (Lipinski definition) is 3. The Hall–Kier alpha value is -3.42. The second-order valence-corrected chi connectivity index (χ2v) is 9.39. The van der Waals surface area contributed by atoms with E-state index in [-0.39, 0.29) is 29.5 Å². The Bertz CT molecular complexity index is 1260. The predicted molar refractivity (Wildman–Crippen MR) is 112 cm³/mol. The first kappa shape index (κ1) is 22.1. The third-order valence-corrected chi connectivity index (χ3v) is 6.72. The van der Waals surface area contributed by atoms with E-state index < -0.39 is 37.1 Å². The standard InChI is InChI=1S/C21H21F4N7O3/c22-16-14(35-19(33)28-20-5-10(6-20)7-20)9-34-17(16)12-4-15(30-29-12)27-18-13-3-11(8-21(23,24)25)31-32(13)2-1-26-18/h1-4,10,14,16-17H,5-9H2,(H,28,33)(H2,26,27,29,30)/t10?,14-,16-,17-,20?/m0/s1. The van der Waals surface area contributed by atoms with Crippen molar-refractivity contribution in [3.8, 4) is 0 Å². The van der Waals surface area contributed by atoms with Crippen molar-refractivity contribution in [3.05, 3.63) is 35.9 Å². The Balaban J connectivity index is 1.11. The lowest BCUT2D eigenvalue weighted by Gasteiger charge is -2.61. The number of halogens is 4. The maximum Gasteiger partial charge on any atom is 0.408 e. The van der Waals surface area contributed by atoms with Crippen LogP contribution >= 0.6 is 0 Å². The Labute approximate surface area is 195 Å². The fraction of sp³-hybridized carbons (Fsp3) is 0.524. The number of hydrogen-bond acceptors (Lipinski definition) is 7. The summed E-state index contributed by atoms with van der Waals surface area (Å²) < 4.78 is 65.2. The molecule has 0 spiro atoms. The fourth-order valence-corrected chi connectivity index (χ4v) is 4.98. The highest BCUT2D eigenvalue weighted by molar-refractivity contribution is 5.72. The van der Waals surface area contributed by atoms with Gasteiger partial charge in [0.25, 0.3) is 0 Å². The van der Waals surface area contributed by atoms with Gasteiger partial charge in [0.05, 0.1) is 24.4 Å². The first-order valence-electron chi connectivity index (χ1n) is 11.1. The molecular formula is C21H21F4N7O3. The maximum atomic E-state index is 15.0. The second-order valence-electron chi connectivity index (χ2n) is 9.39. The average molecular weight is 495 g/mol. The van der Waals surface area contributed by atoms with Gasteiger partial charge in [0.15, 0.2) is 23.9 Å². The van der Waals surface area contributed by atoms with Gasteiger partial charge in [-0.15, -0.1) is 0 Å². The van der Waals surface area contributed by atoms with Crippen LogP contribution in [-0.2, 0) is 15.9 Å². The Morgan fingerprint density at radius 2 is 2.11 bits per heavy atom. The Kier molecular flexibility index (Phi) is 4.92. The highest BCUT2D eigenvalue weighted by Crippen LogP contribution is 2.57. The smallest absolute Gasteiger partial charge is 0.408 e. The minimum atomic E-state index is -4.39. The number of nitrogens with zero attached hydrogens (tertiary/aromatic N) is 4. The molecule has 3 atom stereocenters. The number of alkyl carbamates (subject to hydrolysis) is 1. The molecule has 3 aromatic rings. The van der Waals surface area contributed by atoms with Gasteiger partial charge < -0.3 is 20.1 Å². The first-order valence-corrected chi connectivity index (χ1v) is 11.1. The van der Waals surface area contributed by atoms with Gasteiger partial charge in [-0.25, -0.2) is 18.7 Å². The monoisotopic (exact) mass is 495 g/mol. The highest BCUT2D eigenvalue weighted by Gasteiger charge is 2.58. The third kappa shape index (κ3) is 4.15. The third-order valence-electron chi connectivity index (χ3n) is 6.72. The van der Waals surface area contributed by atoms with Crippen LogP contribution in [0.3, 0.4) is 0 Å². The van der Waals surface area contributed by atoms with Crippen LogP contribution in [0.5, 0.6) is 0 Å². The van der Waals surface area contributed by atoms with Crippen LogP contribution in [0.2, 0.25) is 0 Å². The zero-order valence-electron chi connectivity index (χ0n) is 18.2. The van der Waals surface area contributed by atoms with Gasteiger partial charge in [-0.3, -0.25) is 5.10 Å². The van der Waals surface area contributed by atoms with E-state index in [0.29, 0.717) is 17.1 Å². The van der Waals surface area contributed by atoms with Crippen LogP contribution in [-0.4, -0.2) is 61.5 Å². The van der Waals surface area contributed by atoms with Gasteiger partial charge in [-0.2, -0.15) is 23.4 Å². The minimum absolute atomic E-state index is 0.102. The van der Waals surface area contributed by atoms with Gasteiger partial charge in [-0.1, -0.05) is 0 Å². The number of fused-ring (bicyclic) bond motifs is 1. The van der Waals surface area contributed by atoms with Crippen molar-refractivity contribution in [2.24, 2.45) is 5.92 Å². The summed E-state index contributed by atoms with van der Waals surface area (Å²) in [6.45, 7) is -0.102. The van der Waals surface area contributed by atoms with E-state index in [9.17, 15) is 18.0 Å². The zero-order valence-corrected chi connectivity index (χ0v) is 18.2. The molecule has 35 heavy (non-hydrogen) atoms. The Morgan fingerprint density at radius 1 is 1.31 bits per heavy atom. The number of H-pyrrole nitrogens is 1. The number of carbonyl (C=O) groups excluding carboxylic acids is 1. The minimum Gasteiger partial charge on any atom is -0.441 e. The molecule has 0 radical (unpaired) electrons. The lowest BCUT2D eigenvalue weighted by atomic mass is 9.50. The maximum absolute atomic E-state index is 15.0. The SMILES string of the molecule is O=C(NC12CC(C1)C2)O[C@H]1CO[C@@H](c2cc(Nc3nccn4nc(CC(F)(F)F)cc34)n[nH]2)[C@H]1F. The molecular weight excluding hydrogens is 474 g/mol. The normalized spacial score (nSPS) is 29.5. The quantitative estimate of drug-likeness (QED) is 0.449. The molecule has 2 bridgehead atoms. The summed E-state index contributed by atoms with van der Waals surface area (Å²) in [5.74, 6) is 1.16. The summed E-state index contributed by atoms with van der Waals surface area (Å²) in [4.78, 5) is 16.3. The molecule has 4 aliphatic rings. The van der Waals surface area contributed by atoms with Crippen molar-refractivity contribution in [2.45, 2.75) is 55.8 Å². The van der Waals surface area contributed by atoms with Crippen LogP contribution in [0.1, 0.15) is 36.8 Å². The number of anilines is 2. The lowest BCUT2D eigenvalue weighted by molar-refractivity contribution is -0.127. The largest absolute Gasteiger partial charge is 0.441 e. The number of ether oxygens (including phenoxy) is 2. The first-order chi connectivity index (χ1) is 16.7. The number of rotatable bonds is 6. The van der Waals surface area contributed by atoms with Crippen molar-refractivity contribution in [2.75, 3.05) is 11.9 Å². The lowest BCUT2D eigenvalue weighted by Crippen LogP contribution is -2.68. The van der Waals surface area contributed by atoms with Crippen molar-refractivity contribution < 1.29 is 31.8 Å². The summed E-state index contributed by atoms with van der Waals surface area (Å²) in [6, 6.07) is 2.79. The number of aromatic amines is 1. The molecule has 0 aromatic carbocycles. The van der Waals surface area contributed by atoms with E-state index in [4.69, 9.17) is 9.47 Å². The van der Waals surface area contributed by atoms with Gasteiger partial charge in [0, 0.05) is 24.0 Å². The number of aromatic nitrogens is 5. The summed E-state index contributed by atoms with van der Waals surface area (Å²) in [6.07, 6.45) is -4.24. The number of carbonyl (C=O) groups is 1. The number of alkyl halides is 4. The average Bonchev–Trinajstić information content (AvgIpc) is 3.42. The summed E-state index contributed by atoms with van der Waals surface area (Å²) in [5, 5.41) is 16.4. The molecule has 1 amide bonds. The summed E-state index contributed by atoms with van der Waals surface area (Å²) in [5.41, 5.74) is 0.306. The van der Waals surface area contributed by atoms with Crippen molar-refractivity contribution in [1.82, 2.24) is 30.1 Å². The van der Waals surface area contributed by atoms with E-state index in [2.05, 4.69) is 30.9 Å². The Morgan fingerprint density at radius 3 is 2.83 bits per heavy atom. The van der Waals surface area contributed by atoms with E-state index in [0.717, 1.165) is 19.3 Å². The van der Waals surface area contributed by atoms with Gasteiger partial charge in [0.2, 0.25) is 0 Å². The topological polar surface area (TPSA) is 118 Å². The van der Waals surface area contributed by atoms with Crippen LogP contribution in [0, 0.1) is 5.92 Å². The van der Waals surface area contributed by atoms with Gasteiger partial charge in [0.1, 0.15) is 11.6 Å². The molecule has 1 saturated heterocycles. The molecule has 3 aromatic heterocycles. The van der Waals surface area contributed by atoms with E-state index in [1.54, 1.807) is 0 Å².